The highest BCUT2D eigenvalue weighted by Crippen LogP contribution is 2.39. The number of rotatable bonds is 13. The number of nitriles is 1. The van der Waals surface area contributed by atoms with Crippen molar-refractivity contribution >= 4 is 17.9 Å². The predicted molar refractivity (Wildman–Crippen MR) is 194 cm³/mol. The molecule has 2 saturated heterocycles. The molecular formula is C41H44ClN3O5. The van der Waals surface area contributed by atoms with Gasteiger partial charge in [0, 0.05) is 50.3 Å². The quantitative estimate of drug-likeness (QED) is 0.102. The number of aldehydes is 1. The van der Waals surface area contributed by atoms with Crippen LogP contribution in [-0.4, -0.2) is 55.6 Å². The van der Waals surface area contributed by atoms with Gasteiger partial charge in [0.05, 0.1) is 22.8 Å². The van der Waals surface area contributed by atoms with E-state index in [2.05, 4.69) is 54.1 Å². The molecule has 8 nitrogen and oxygen atoms in total. The Labute approximate surface area is 299 Å². The lowest BCUT2D eigenvalue weighted by molar-refractivity contribution is -0.0279. The lowest BCUT2D eigenvalue weighted by Crippen LogP contribution is -2.46. The van der Waals surface area contributed by atoms with Crippen LogP contribution >= 0.6 is 11.6 Å². The van der Waals surface area contributed by atoms with E-state index < -0.39 is 0 Å². The van der Waals surface area contributed by atoms with Crippen LogP contribution in [0, 0.1) is 30.6 Å². The van der Waals surface area contributed by atoms with Crippen LogP contribution in [0.2, 0.25) is 5.02 Å². The summed E-state index contributed by atoms with van der Waals surface area (Å²) >= 11 is 6.53. The normalized spacial score (nSPS) is 15.7. The summed E-state index contributed by atoms with van der Waals surface area (Å²) in [6, 6.07) is 19.4. The lowest BCUT2D eigenvalue weighted by Gasteiger charge is -2.45. The molecule has 0 atom stereocenters. The van der Waals surface area contributed by atoms with Gasteiger partial charge in [-0.1, -0.05) is 41.9 Å². The van der Waals surface area contributed by atoms with Crippen LogP contribution in [0.3, 0.4) is 0 Å². The molecule has 0 amide bonds. The van der Waals surface area contributed by atoms with Crippen molar-refractivity contribution in [3.63, 3.8) is 0 Å². The molecule has 260 valence electrons. The van der Waals surface area contributed by atoms with E-state index in [1.54, 1.807) is 18.3 Å². The van der Waals surface area contributed by atoms with Crippen molar-refractivity contribution in [2.75, 3.05) is 39.5 Å². The number of hydrogen-bond acceptors (Lipinski definition) is 8. The first-order valence-electron chi connectivity index (χ1n) is 17.4. The molecule has 2 aliphatic heterocycles. The van der Waals surface area contributed by atoms with E-state index in [1.165, 1.54) is 51.0 Å². The number of ether oxygens (including phenoxy) is 4. The van der Waals surface area contributed by atoms with Crippen molar-refractivity contribution in [2.45, 2.75) is 59.2 Å². The molecule has 1 spiro atoms. The van der Waals surface area contributed by atoms with Crippen molar-refractivity contribution in [3.05, 3.63) is 105 Å². The molecule has 9 heteroatoms. The van der Waals surface area contributed by atoms with Crippen molar-refractivity contribution < 1.29 is 23.7 Å². The zero-order valence-electron chi connectivity index (χ0n) is 28.9. The van der Waals surface area contributed by atoms with Crippen molar-refractivity contribution in [1.29, 1.82) is 5.26 Å². The van der Waals surface area contributed by atoms with Crippen LogP contribution in [0.1, 0.15) is 70.3 Å². The molecule has 2 fully saturated rings. The van der Waals surface area contributed by atoms with Crippen LogP contribution < -0.4 is 14.2 Å². The molecule has 0 unspecified atom stereocenters. The summed E-state index contributed by atoms with van der Waals surface area (Å²) in [6.45, 7) is 10.5. The molecule has 50 heavy (non-hydrogen) atoms. The number of carbonyl (C=O) groups is 1. The van der Waals surface area contributed by atoms with E-state index in [0.717, 1.165) is 59.7 Å². The average molecular weight is 694 g/mol. The highest BCUT2D eigenvalue weighted by Gasteiger charge is 2.36. The first kappa shape index (κ1) is 35.4. The first-order chi connectivity index (χ1) is 24.4. The maximum atomic E-state index is 11.8. The maximum Gasteiger partial charge on any atom is 0.153 e. The van der Waals surface area contributed by atoms with E-state index in [9.17, 15) is 4.79 Å². The number of benzene rings is 3. The summed E-state index contributed by atoms with van der Waals surface area (Å²) in [4.78, 5) is 18.5. The van der Waals surface area contributed by atoms with Gasteiger partial charge in [-0.15, -0.1) is 0 Å². The monoisotopic (exact) mass is 693 g/mol. The molecule has 0 bridgehead atoms. The number of halogens is 1. The third kappa shape index (κ3) is 8.47. The van der Waals surface area contributed by atoms with Gasteiger partial charge in [0.1, 0.15) is 36.5 Å². The van der Waals surface area contributed by atoms with Crippen molar-refractivity contribution in [3.8, 4) is 34.4 Å². The Morgan fingerprint density at radius 1 is 0.940 bits per heavy atom. The highest BCUT2D eigenvalue weighted by atomic mass is 35.5. The minimum absolute atomic E-state index is 0.128. The summed E-state index contributed by atoms with van der Waals surface area (Å²) in [5.74, 6) is 1.65. The molecule has 1 aromatic heterocycles. The fourth-order valence-corrected chi connectivity index (χ4v) is 7.43. The molecule has 0 saturated carbocycles. The summed E-state index contributed by atoms with van der Waals surface area (Å²) in [5, 5.41) is 9.48. The molecule has 0 aliphatic carbocycles. The third-order valence-corrected chi connectivity index (χ3v) is 10.4. The largest absolute Gasteiger partial charge is 0.493 e. The number of carbonyl (C=O) groups excluding carboxylic acids is 1. The Kier molecular flexibility index (Phi) is 11.7. The van der Waals surface area contributed by atoms with Gasteiger partial charge in [-0.3, -0.25) is 9.78 Å². The minimum Gasteiger partial charge on any atom is -0.493 e. The Hall–Kier alpha value is -4.42. The predicted octanol–water partition coefficient (Wildman–Crippen LogP) is 8.52. The Balaban J connectivity index is 1.08. The summed E-state index contributed by atoms with van der Waals surface area (Å²) in [5.41, 5.74) is 7.35. The van der Waals surface area contributed by atoms with Gasteiger partial charge >= 0.3 is 0 Å². The Morgan fingerprint density at radius 3 is 2.52 bits per heavy atom. The number of piperidine rings is 1. The van der Waals surface area contributed by atoms with Crippen molar-refractivity contribution in [1.82, 2.24) is 9.88 Å². The van der Waals surface area contributed by atoms with Crippen LogP contribution in [0.5, 0.6) is 17.2 Å². The Morgan fingerprint density at radius 2 is 1.72 bits per heavy atom. The minimum atomic E-state index is 0.128. The first-order valence-corrected chi connectivity index (χ1v) is 17.8. The number of pyridine rings is 1. The molecule has 6 rings (SSSR count). The molecule has 0 N–H and O–H groups in total. The highest BCUT2D eigenvalue weighted by molar-refractivity contribution is 6.32. The fraction of sp³-hybridized carbons (Fsp3) is 0.390. The SMILES string of the molecule is Cc1c(COc2cc(OCc3cncc(C#N)c3)c(C=O)cc2Cl)cccc1-c1cccc(OCCCN2CCCC3(CCOCC3)C2)c1C. The fourth-order valence-electron chi connectivity index (χ4n) is 7.20. The topological polar surface area (TPSA) is 93.9 Å². The Bertz CT molecular complexity index is 1840. The second-order valence-electron chi connectivity index (χ2n) is 13.4. The summed E-state index contributed by atoms with van der Waals surface area (Å²) in [7, 11) is 0. The number of aromatic nitrogens is 1. The van der Waals surface area contributed by atoms with Gasteiger partial charge < -0.3 is 23.8 Å². The van der Waals surface area contributed by atoms with Gasteiger partial charge in [0.2, 0.25) is 0 Å². The van der Waals surface area contributed by atoms with Gasteiger partial charge in [-0.05, 0) is 104 Å². The number of hydrogen-bond donors (Lipinski definition) is 0. The average Bonchev–Trinajstić information content (AvgIpc) is 3.14. The molecule has 4 aromatic rings. The standard InChI is InChI=1S/C41H44ClN3O5/c1-29-33(27-50-40-21-39(34(25-46)20-37(40)42)49-26-32-19-31(22-43)23-44-24-32)7-3-8-35(29)36-9-4-10-38(30(36)2)48-16-6-15-45-14-5-11-41(28-45)12-17-47-18-13-41/h3-4,7-10,19-21,23-25H,5-6,11-18,26-28H2,1-2H3. The molecule has 0 radical (unpaired) electrons. The van der Waals surface area contributed by atoms with Gasteiger partial charge in [-0.25, -0.2) is 0 Å². The summed E-state index contributed by atoms with van der Waals surface area (Å²) < 4.78 is 24.2. The van der Waals surface area contributed by atoms with Crippen LogP contribution in [0.15, 0.2) is 67.0 Å². The molecule has 2 aliphatic rings. The van der Waals surface area contributed by atoms with Crippen LogP contribution in [0.25, 0.3) is 11.1 Å². The molecular weight excluding hydrogens is 650 g/mol. The van der Waals surface area contributed by atoms with Crippen LogP contribution in [-0.2, 0) is 18.0 Å². The van der Waals surface area contributed by atoms with Crippen molar-refractivity contribution in [2.24, 2.45) is 5.41 Å². The number of nitrogens with zero attached hydrogens (tertiary/aromatic N) is 3. The third-order valence-electron chi connectivity index (χ3n) is 10.1. The van der Waals surface area contributed by atoms with E-state index in [4.69, 9.17) is 35.8 Å². The second kappa shape index (κ2) is 16.5. The van der Waals surface area contributed by atoms with Gasteiger partial charge in [-0.2, -0.15) is 5.26 Å². The van der Waals surface area contributed by atoms with E-state index in [0.29, 0.717) is 51.5 Å². The maximum absolute atomic E-state index is 11.8. The van der Waals surface area contributed by atoms with Gasteiger partial charge in [0.15, 0.2) is 6.29 Å². The molecule has 3 aromatic carbocycles. The smallest absolute Gasteiger partial charge is 0.153 e. The van der Waals surface area contributed by atoms with E-state index in [-0.39, 0.29) is 13.2 Å². The number of likely N-dealkylation sites (tertiary alicyclic amines) is 1. The van der Waals surface area contributed by atoms with Crippen LogP contribution in [0.4, 0.5) is 0 Å². The summed E-state index contributed by atoms with van der Waals surface area (Å²) in [6.07, 6.45) is 9.78. The van der Waals surface area contributed by atoms with E-state index >= 15 is 0 Å². The second-order valence-corrected chi connectivity index (χ2v) is 13.8. The molecule has 3 heterocycles. The van der Waals surface area contributed by atoms with Gasteiger partial charge in [0.25, 0.3) is 0 Å². The zero-order chi connectivity index (χ0) is 34.9. The lowest BCUT2D eigenvalue weighted by atomic mass is 9.74. The zero-order valence-corrected chi connectivity index (χ0v) is 29.6. The van der Waals surface area contributed by atoms with E-state index in [1.807, 2.05) is 12.1 Å².